The van der Waals surface area contributed by atoms with Crippen LogP contribution < -0.4 is 5.73 Å². The van der Waals surface area contributed by atoms with Crippen LogP contribution >= 0.6 is 0 Å². The fourth-order valence-electron chi connectivity index (χ4n) is 3.05. The highest BCUT2D eigenvalue weighted by molar-refractivity contribution is 5.18. The van der Waals surface area contributed by atoms with Crippen LogP contribution in [-0.2, 0) is 0 Å². The SMILES string of the molecule is CCCCCCC(C)(CCCC)N1CC=CC(N)=CC1. The molecule has 0 amide bonds. The van der Waals surface area contributed by atoms with Crippen LogP contribution in [-0.4, -0.2) is 23.5 Å². The van der Waals surface area contributed by atoms with Gasteiger partial charge in [-0.25, -0.2) is 0 Å². The Balaban J connectivity index is 2.63. The van der Waals surface area contributed by atoms with Gasteiger partial charge in [0.2, 0.25) is 0 Å². The van der Waals surface area contributed by atoms with E-state index >= 15 is 0 Å². The summed E-state index contributed by atoms with van der Waals surface area (Å²) in [5, 5.41) is 0. The maximum atomic E-state index is 5.93. The van der Waals surface area contributed by atoms with E-state index in [2.05, 4.69) is 43.9 Å². The molecule has 2 N–H and O–H groups in total. The monoisotopic (exact) mass is 278 g/mol. The highest BCUT2D eigenvalue weighted by atomic mass is 15.2. The van der Waals surface area contributed by atoms with Crippen molar-refractivity contribution in [1.82, 2.24) is 4.90 Å². The van der Waals surface area contributed by atoms with Crippen LogP contribution in [0.5, 0.6) is 0 Å². The minimum Gasteiger partial charge on any atom is -0.399 e. The maximum absolute atomic E-state index is 5.93. The van der Waals surface area contributed by atoms with E-state index in [9.17, 15) is 0 Å². The molecule has 116 valence electrons. The summed E-state index contributed by atoms with van der Waals surface area (Å²) >= 11 is 0. The summed E-state index contributed by atoms with van der Waals surface area (Å²) < 4.78 is 0. The third-order valence-corrected chi connectivity index (χ3v) is 4.58. The standard InChI is InChI=1S/C18H34N2/c1-4-6-8-9-14-18(3,13-7-5-2)20-15-10-11-17(19)12-16-20/h10-12H,4-9,13-16,19H2,1-3H3. The molecule has 1 atom stereocenters. The molecule has 1 unspecified atom stereocenters. The van der Waals surface area contributed by atoms with Crippen LogP contribution in [0, 0.1) is 0 Å². The number of hydrogen-bond acceptors (Lipinski definition) is 2. The highest BCUT2D eigenvalue weighted by Gasteiger charge is 2.29. The van der Waals surface area contributed by atoms with Gasteiger partial charge < -0.3 is 5.73 Å². The third kappa shape index (κ3) is 5.70. The molecule has 0 aromatic carbocycles. The largest absolute Gasteiger partial charge is 0.399 e. The van der Waals surface area contributed by atoms with Crippen molar-refractivity contribution in [2.45, 2.75) is 77.7 Å². The first kappa shape index (κ1) is 17.3. The molecule has 1 rings (SSSR count). The molecule has 20 heavy (non-hydrogen) atoms. The summed E-state index contributed by atoms with van der Waals surface area (Å²) in [5.74, 6) is 0. The zero-order valence-electron chi connectivity index (χ0n) is 13.8. The van der Waals surface area contributed by atoms with E-state index in [0.29, 0.717) is 5.54 Å². The Morgan fingerprint density at radius 3 is 2.45 bits per heavy atom. The molecule has 0 aromatic heterocycles. The van der Waals surface area contributed by atoms with Gasteiger partial charge in [-0.3, -0.25) is 4.90 Å². The van der Waals surface area contributed by atoms with Crippen LogP contribution in [0.2, 0.25) is 0 Å². The summed E-state index contributed by atoms with van der Waals surface area (Å²) in [5.41, 5.74) is 7.17. The van der Waals surface area contributed by atoms with Gasteiger partial charge in [-0.15, -0.1) is 0 Å². The summed E-state index contributed by atoms with van der Waals surface area (Å²) in [4.78, 5) is 2.62. The molecule has 2 heteroatoms. The van der Waals surface area contributed by atoms with Crippen LogP contribution in [0.1, 0.15) is 72.1 Å². The van der Waals surface area contributed by atoms with E-state index in [4.69, 9.17) is 5.73 Å². The quantitative estimate of drug-likeness (QED) is 0.624. The Kier molecular flexibility index (Phi) is 7.98. The molecule has 0 bridgehead atoms. The summed E-state index contributed by atoms with van der Waals surface area (Å²) in [6.45, 7) is 9.05. The first-order chi connectivity index (χ1) is 9.62. The van der Waals surface area contributed by atoms with Crippen molar-refractivity contribution in [2.75, 3.05) is 13.1 Å². The number of nitrogens with zero attached hydrogens (tertiary/aromatic N) is 1. The van der Waals surface area contributed by atoms with Crippen LogP contribution in [0.25, 0.3) is 0 Å². The van der Waals surface area contributed by atoms with Gasteiger partial charge in [0.25, 0.3) is 0 Å². The number of hydrogen-bond donors (Lipinski definition) is 1. The van der Waals surface area contributed by atoms with E-state index in [1.165, 1.54) is 51.4 Å². The molecule has 1 heterocycles. The van der Waals surface area contributed by atoms with Crippen molar-refractivity contribution >= 4 is 0 Å². The molecule has 0 fully saturated rings. The van der Waals surface area contributed by atoms with Crippen LogP contribution in [0.4, 0.5) is 0 Å². The molecule has 0 aliphatic carbocycles. The Hall–Kier alpha value is -0.760. The second-order valence-corrected chi connectivity index (χ2v) is 6.42. The predicted octanol–water partition coefficient (Wildman–Crippen LogP) is 4.62. The van der Waals surface area contributed by atoms with Crippen LogP contribution in [0.15, 0.2) is 23.9 Å². The molecule has 0 radical (unpaired) electrons. The molecule has 2 nitrogen and oxygen atoms in total. The fraction of sp³-hybridized carbons (Fsp3) is 0.778. The molecule has 1 aliphatic heterocycles. The van der Waals surface area contributed by atoms with Crippen molar-refractivity contribution in [2.24, 2.45) is 5.73 Å². The van der Waals surface area contributed by atoms with Crippen molar-refractivity contribution < 1.29 is 0 Å². The topological polar surface area (TPSA) is 29.3 Å². The van der Waals surface area contributed by atoms with Gasteiger partial charge in [0.1, 0.15) is 0 Å². The van der Waals surface area contributed by atoms with Gasteiger partial charge in [-0.05, 0) is 31.9 Å². The van der Waals surface area contributed by atoms with Crippen molar-refractivity contribution in [1.29, 1.82) is 0 Å². The number of allylic oxidation sites excluding steroid dienone is 1. The first-order valence-corrected chi connectivity index (χ1v) is 8.49. The summed E-state index contributed by atoms with van der Waals surface area (Å²) in [6.07, 6.45) is 17.1. The van der Waals surface area contributed by atoms with Gasteiger partial charge in [0, 0.05) is 24.3 Å². The van der Waals surface area contributed by atoms with E-state index in [1.807, 2.05) is 0 Å². The Labute approximate surface area is 126 Å². The lowest BCUT2D eigenvalue weighted by molar-refractivity contribution is 0.107. The normalized spacial score (nSPS) is 19.4. The molecule has 0 spiro atoms. The first-order valence-electron chi connectivity index (χ1n) is 8.49. The fourth-order valence-corrected chi connectivity index (χ4v) is 3.05. The second-order valence-electron chi connectivity index (χ2n) is 6.42. The van der Waals surface area contributed by atoms with Crippen LogP contribution in [0.3, 0.4) is 0 Å². The maximum Gasteiger partial charge on any atom is 0.0283 e. The van der Waals surface area contributed by atoms with Gasteiger partial charge >= 0.3 is 0 Å². The van der Waals surface area contributed by atoms with Crippen molar-refractivity contribution in [3.63, 3.8) is 0 Å². The molecule has 0 aromatic rings. The van der Waals surface area contributed by atoms with Crippen molar-refractivity contribution in [3.8, 4) is 0 Å². The minimum atomic E-state index is 0.329. The Morgan fingerprint density at radius 1 is 1.05 bits per heavy atom. The molecule has 0 saturated heterocycles. The third-order valence-electron chi connectivity index (χ3n) is 4.58. The van der Waals surface area contributed by atoms with E-state index in [0.717, 1.165) is 18.8 Å². The highest BCUT2D eigenvalue weighted by Crippen LogP contribution is 2.29. The van der Waals surface area contributed by atoms with E-state index in [-0.39, 0.29) is 0 Å². The lowest BCUT2D eigenvalue weighted by atomic mass is 9.86. The zero-order valence-corrected chi connectivity index (χ0v) is 13.8. The van der Waals surface area contributed by atoms with Gasteiger partial charge in [0.15, 0.2) is 0 Å². The minimum absolute atomic E-state index is 0.329. The number of nitrogens with two attached hydrogens (primary N) is 1. The number of rotatable bonds is 9. The second kappa shape index (κ2) is 9.23. The van der Waals surface area contributed by atoms with E-state index in [1.54, 1.807) is 0 Å². The predicted molar refractivity (Wildman–Crippen MR) is 89.7 cm³/mol. The van der Waals surface area contributed by atoms with Gasteiger partial charge in [-0.1, -0.05) is 58.4 Å². The zero-order chi connectivity index (χ0) is 14.8. The van der Waals surface area contributed by atoms with Gasteiger partial charge in [0.05, 0.1) is 0 Å². The Bertz CT molecular complexity index is 319. The smallest absolute Gasteiger partial charge is 0.0283 e. The summed E-state index contributed by atoms with van der Waals surface area (Å²) in [7, 11) is 0. The average molecular weight is 278 g/mol. The van der Waals surface area contributed by atoms with Gasteiger partial charge in [-0.2, -0.15) is 0 Å². The lowest BCUT2D eigenvalue weighted by Crippen LogP contribution is -2.46. The summed E-state index contributed by atoms with van der Waals surface area (Å²) in [6, 6.07) is 0. The molecule has 0 saturated carbocycles. The molecule has 1 aliphatic rings. The number of unbranched alkanes of at least 4 members (excludes halogenated alkanes) is 4. The molecular formula is C18H34N2. The van der Waals surface area contributed by atoms with E-state index < -0.39 is 0 Å². The van der Waals surface area contributed by atoms with Crippen molar-refractivity contribution in [3.05, 3.63) is 23.9 Å². The Morgan fingerprint density at radius 2 is 1.75 bits per heavy atom. The lowest BCUT2D eigenvalue weighted by Gasteiger charge is -2.41. The molecular weight excluding hydrogens is 244 g/mol. The average Bonchev–Trinajstić information content (AvgIpc) is 2.67.